The summed E-state index contributed by atoms with van der Waals surface area (Å²) in [6, 6.07) is 9.54. The van der Waals surface area contributed by atoms with Crippen LogP contribution in [-0.4, -0.2) is 49.1 Å². The van der Waals surface area contributed by atoms with E-state index in [1.54, 1.807) is 4.90 Å². The summed E-state index contributed by atoms with van der Waals surface area (Å²) in [5, 5.41) is 12.4. The van der Waals surface area contributed by atoms with Gasteiger partial charge in [-0.25, -0.2) is 4.79 Å². The second-order valence-electron chi connectivity index (χ2n) is 4.74. The van der Waals surface area contributed by atoms with E-state index in [2.05, 4.69) is 9.99 Å². The van der Waals surface area contributed by atoms with E-state index in [0.717, 1.165) is 24.8 Å². The summed E-state index contributed by atoms with van der Waals surface area (Å²) in [5.74, 6) is 0. The minimum Gasteiger partial charge on any atom is -0.445 e. The Kier molecular flexibility index (Phi) is 9.45. The molecule has 0 saturated heterocycles. The Morgan fingerprint density at radius 1 is 1.27 bits per heavy atom. The number of unbranched alkanes of at least 4 members (excludes halogenated alkanes) is 2. The number of carbonyl (C=O) groups excluding carboxylic acids is 1. The largest absolute Gasteiger partial charge is 0.445 e. The molecule has 0 radical (unpaired) electrons. The Labute approximate surface area is 131 Å². The van der Waals surface area contributed by atoms with Gasteiger partial charge in [-0.2, -0.15) is 0 Å². The Bertz CT molecular complexity index is 437. The van der Waals surface area contributed by atoms with Gasteiger partial charge in [-0.15, -0.1) is 0 Å². The zero-order valence-electron chi connectivity index (χ0n) is 13.0. The molecule has 0 aromatic heterocycles. The highest BCUT2D eigenvalue weighted by atomic mass is 16.6. The summed E-state index contributed by atoms with van der Waals surface area (Å²) < 4.78 is 5.31. The van der Waals surface area contributed by atoms with Gasteiger partial charge in [-0.05, 0) is 24.8 Å². The third-order valence-electron chi connectivity index (χ3n) is 3.03. The lowest BCUT2D eigenvalue weighted by Crippen LogP contribution is -2.34. The SMILES string of the molecule is CO/N=C/CN(CCCCCO)C(=O)OCc1ccccc1. The minimum atomic E-state index is -0.379. The number of carbonyl (C=O) groups is 1. The molecule has 1 aromatic rings. The van der Waals surface area contributed by atoms with Crippen LogP contribution in [0.15, 0.2) is 35.5 Å². The topological polar surface area (TPSA) is 71.4 Å². The zero-order valence-corrected chi connectivity index (χ0v) is 13.0. The van der Waals surface area contributed by atoms with Crippen molar-refractivity contribution in [2.24, 2.45) is 5.16 Å². The highest BCUT2D eigenvalue weighted by Crippen LogP contribution is 2.05. The molecule has 1 N–H and O–H groups in total. The van der Waals surface area contributed by atoms with Gasteiger partial charge < -0.3 is 19.6 Å². The number of benzene rings is 1. The molecule has 0 bridgehead atoms. The second-order valence-corrected chi connectivity index (χ2v) is 4.74. The summed E-state index contributed by atoms with van der Waals surface area (Å²) >= 11 is 0. The van der Waals surface area contributed by atoms with Gasteiger partial charge in [0.1, 0.15) is 13.7 Å². The zero-order chi connectivity index (χ0) is 16.0. The number of ether oxygens (including phenoxy) is 1. The number of aliphatic hydroxyl groups excluding tert-OH is 1. The van der Waals surface area contributed by atoms with Crippen molar-refractivity contribution in [3.63, 3.8) is 0 Å². The van der Waals surface area contributed by atoms with Crippen LogP contribution in [0.2, 0.25) is 0 Å². The van der Waals surface area contributed by atoms with Crippen LogP contribution in [0.5, 0.6) is 0 Å². The molecule has 22 heavy (non-hydrogen) atoms. The normalized spacial score (nSPS) is 10.6. The Hall–Kier alpha value is -2.08. The summed E-state index contributed by atoms with van der Waals surface area (Å²) in [7, 11) is 1.45. The highest BCUT2D eigenvalue weighted by molar-refractivity contribution is 5.72. The molecule has 1 aromatic carbocycles. The maximum atomic E-state index is 12.1. The molecular formula is C16H24N2O4. The predicted molar refractivity (Wildman–Crippen MR) is 84.6 cm³/mol. The maximum Gasteiger partial charge on any atom is 0.410 e. The predicted octanol–water partition coefficient (Wildman–Crippen LogP) is 2.42. The van der Waals surface area contributed by atoms with E-state index in [4.69, 9.17) is 9.84 Å². The number of nitrogens with zero attached hydrogens (tertiary/aromatic N) is 2. The Morgan fingerprint density at radius 3 is 2.73 bits per heavy atom. The molecule has 0 aliphatic heterocycles. The lowest BCUT2D eigenvalue weighted by molar-refractivity contribution is 0.100. The van der Waals surface area contributed by atoms with Crippen molar-refractivity contribution < 1.29 is 19.5 Å². The third kappa shape index (κ3) is 7.64. The van der Waals surface area contributed by atoms with Crippen LogP contribution < -0.4 is 0 Å². The van der Waals surface area contributed by atoms with E-state index in [1.165, 1.54) is 13.3 Å². The maximum absolute atomic E-state index is 12.1. The quantitative estimate of drug-likeness (QED) is 0.409. The molecule has 0 aliphatic rings. The van der Waals surface area contributed by atoms with E-state index >= 15 is 0 Å². The number of hydrogen-bond acceptors (Lipinski definition) is 5. The Morgan fingerprint density at radius 2 is 2.05 bits per heavy atom. The monoisotopic (exact) mass is 308 g/mol. The number of amides is 1. The van der Waals surface area contributed by atoms with Crippen LogP contribution in [0.25, 0.3) is 0 Å². The fourth-order valence-corrected chi connectivity index (χ4v) is 1.87. The molecule has 0 atom stereocenters. The average Bonchev–Trinajstić information content (AvgIpc) is 2.56. The fraction of sp³-hybridized carbons (Fsp3) is 0.500. The average molecular weight is 308 g/mol. The van der Waals surface area contributed by atoms with Gasteiger partial charge in [0.25, 0.3) is 0 Å². The number of rotatable bonds is 10. The van der Waals surface area contributed by atoms with Gasteiger partial charge >= 0.3 is 6.09 Å². The molecule has 0 fully saturated rings. The lowest BCUT2D eigenvalue weighted by atomic mass is 10.2. The Balaban J connectivity index is 2.44. The highest BCUT2D eigenvalue weighted by Gasteiger charge is 2.13. The molecule has 6 heteroatoms. The smallest absolute Gasteiger partial charge is 0.410 e. The molecule has 6 nitrogen and oxygen atoms in total. The first kappa shape index (κ1) is 18.0. The standard InChI is InChI=1S/C16H24N2O4/c1-21-17-10-12-18(11-6-3-7-13-19)16(20)22-14-15-8-4-2-5-9-15/h2,4-5,8-10,19H,3,6-7,11-14H2,1H3/b17-10+. The summed E-state index contributed by atoms with van der Waals surface area (Å²) in [6.07, 6.45) is 3.55. The van der Waals surface area contributed by atoms with Crippen molar-refractivity contribution >= 4 is 12.3 Å². The van der Waals surface area contributed by atoms with Crippen molar-refractivity contribution in [2.45, 2.75) is 25.9 Å². The van der Waals surface area contributed by atoms with Crippen LogP contribution >= 0.6 is 0 Å². The van der Waals surface area contributed by atoms with Crippen molar-refractivity contribution in [1.29, 1.82) is 0 Å². The van der Waals surface area contributed by atoms with Gasteiger partial charge in [-0.1, -0.05) is 35.5 Å². The van der Waals surface area contributed by atoms with Crippen molar-refractivity contribution in [3.05, 3.63) is 35.9 Å². The van der Waals surface area contributed by atoms with E-state index in [9.17, 15) is 4.79 Å². The van der Waals surface area contributed by atoms with Gasteiger partial charge in [0, 0.05) is 13.2 Å². The van der Waals surface area contributed by atoms with E-state index < -0.39 is 0 Å². The van der Waals surface area contributed by atoms with Gasteiger partial charge in [0.05, 0.1) is 12.8 Å². The van der Waals surface area contributed by atoms with Gasteiger partial charge in [0.15, 0.2) is 0 Å². The first-order chi connectivity index (χ1) is 10.8. The molecule has 1 rings (SSSR count). The third-order valence-corrected chi connectivity index (χ3v) is 3.03. The molecule has 0 heterocycles. The molecule has 0 saturated carbocycles. The van der Waals surface area contributed by atoms with Gasteiger partial charge in [0.2, 0.25) is 0 Å². The molecule has 0 unspecified atom stereocenters. The summed E-state index contributed by atoms with van der Waals surface area (Å²) in [5.41, 5.74) is 0.946. The van der Waals surface area contributed by atoms with Crippen LogP contribution in [0.4, 0.5) is 4.79 Å². The first-order valence-electron chi connectivity index (χ1n) is 7.39. The van der Waals surface area contributed by atoms with Crippen molar-refractivity contribution in [1.82, 2.24) is 4.90 Å². The first-order valence-corrected chi connectivity index (χ1v) is 7.39. The van der Waals surface area contributed by atoms with Crippen LogP contribution in [0.3, 0.4) is 0 Å². The molecular weight excluding hydrogens is 284 g/mol. The molecule has 0 spiro atoms. The molecule has 0 aliphatic carbocycles. The van der Waals surface area contributed by atoms with E-state index in [-0.39, 0.29) is 19.3 Å². The number of hydrogen-bond donors (Lipinski definition) is 1. The summed E-state index contributed by atoms with van der Waals surface area (Å²) in [4.78, 5) is 18.3. The van der Waals surface area contributed by atoms with Crippen LogP contribution in [0, 0.1) is 0 Å². The van der Waals surface area contributed by atoms with Crippen molar-refractivity contribution in [2.75, 3.05) is 26.8 Å². The van der Waals surface area contributed by atoms with Crippen molar-refractivity contribution in [3.8, 4) is 0 Å². The molecule has 122 valence electrons. The minimum absolute atomic E-state index is 0.170. The second kappa shape index (κ2) is 11.6. The molecule has 1 amide bonds. The van der Waals surface area contributed by atoms with Crippen LogP contribution in [0.1, 0.15) is 24.8 Å². The number of oxime groups is 1. The van der Waals surface area contributed by atoms with E-state index in [0.29, 0.717) is 13.1 Å². The fourth-order valence-electron chi connectivity index (χ4n) is 1.87. The summed E-state index contributed by atoms with van der Waals surface area (Å²) in [6.45, 7) is 1.31. The van der Waals surface area contributed by atoms with E-state index in [1.807, 2.05) is 30.3 Å². The lowest BCUT2D eigenvalue weighted by Gasteiger charge is -2.20. The number of aliphatic hydroxyl groups is 1. The van der Waals surface area contributed by atoms with Crippen LogP contribution in [-0.2, 0) is 16.2 Å². The van der Waals surface area contributed by atoms with Gasteiger partial charge in [-0.3, -0.25) is 0 Å².